The Labute approximate surface area is 140 Å². The van der Waals surface area contributed by atoms with E-state index in [9.17, 15) is 12.8 Å². The Balaban J connectivity index is 1.78. The molecular formula is C16H16ClFN2O2S. The second-order valence-corrected chi connectivity index (χ2v) is 7.59. The molecule has 0 aliphatic carbocycles. The van der Waals surface area contributed by atoms with Crippen LogP contribution in [0.15, 0.2) is 53.4 Å². The molecule has 0 aromatic heterocycles. The monoisotopic (exact) mass is 354 g/mol. The second-order valence-electron chi connectivity index (χ2n) is 5.28. The van der Waals surface area contributed by atoms with Crippen molar-refractivity contribution in [2.75, 3.05) is 31.1 Å². The van der Waals surface area contributed by atoms with E-state index in [4.69, 9.17) is 11.6 Å². The number of hydrogen-bond donors (Lipinski definition) is 0. The van der Waals surface area contributed by atoms with E-state index >= 15 is 0 Å². The lowest BCUT2D eigenvalue weighted by molar-refractivity contribution is 0.382. The Bertz CT molecular complexity index is 791. The summed E-state index contributed by atoms with van der Waals surface area (Å²) in [6, 6.07) is 13.8. The molecule has 122 valence electrons. The summed E-state index contributed by atoms with van der Waals surface area (Å²) in [5, 5.41) is -0.186. The first-order valence-electron chi connectivity index (χ1n) is 7.24. The van der Waals surface area contributed by atoms with E-state index in [1.807, 2.05) is 30.3 Å². The van der Waals surface area contributed by atoms with Gasteiger partial charge in [0.1, 0.15) is 4.90 Å². The van der Waals surface area contributed by atoms with E-state index < -0.39 is 15.8 Å². The van der Waals surface area contributed by atoms with Gasteiger partial charge in [-0.2, -0.15) is 4.31 Å². The highest BCUT2D eigenvalue weighted by Crippen LogP contribution is 2.26. The standard InChI is InChI=1S/C16H16ClFN2O2S/c17-14-7-4-8-15(16(14)18)23(21,22)20-11-9-19(10-12-20)13-5-2-1-3-6-13/h1-8H,9-12H2. The molecule has 1 heterocycles. The van der Waals surface area contributed by atoms with Crippen LogP contribution in [0.4, 0.5) is 10.1 Å². The van der Waals surface area contributed by atoms with Crippen molar-refractivity contribution in [2.24, 2.45) is 0 Å². The third-order valence-corrected chi connectivity index (χ3v) is 6.10. The maximum Gasteiger partial charge on any atom is 0.246 e. The van der Waals surface area contributed by atoms with E-state index in [2.05, 4.69) is 4.90 Å². The summed E-state index contributed by atoms with van der Waals surface area (Å²) in [6.07, 6.45) is 0. The Morgan fingerprint density at radius 3 is 2.22 bits per heavy atom. The van der Waals surface area contributed by atoms with Crippen LogP contribution in [0.3, 0.4) is 0 Å². The molecule has 23 heavy (non-hydrogen) atoms. The molecule has 0 radical (unpaired) electrons. The first-order chi connectivity index (χ1) is 11.0. The van der Waals surface area contributed by atoms with Gasteiger partial charge in [-0.1, -0.05) is 35.9 Å². The fraction of sp³-hybridized carbons (Fsp3) is 0.250. The molecule has 3 rings (SSSR count). The lowest BCUT2D eigenvalue weighted by Crippen LogP contribution is -2.48. The minimum atomic E-state index is -3.87. The average Bonchev–Trinajstić information content (AvgIpc) is 2.58. The summed E-state index contributed by atoms with van der Waals surface area (Å²) < 4.78 is 40.6. The van der Waals surface area contributed by atoms with Crippen LogP contribution in [0.25, 0.3) is 0 Å². The zero-order chi connectivity index (χ0) is 16.4. The van der Waals surface area contributed by atoms with Gasteiger partial charge in [0.25, 0.3) is 0 Å². The van der Waals surface area contributed by atoms with Crippen LogP contribution in [-0.2, 0) is 10.0 Å². The maximum absolute atomic E-state index is 14.0. The Kier molecular flexibility index (Phi) is 4.57. The van der Waals surface area contributed by atoms with Gasteiger partial charge in [-0.15, -0.1) is 0 Å². The molecule has 0 amide bonds. The molecule has 0 spiro atoms. The van der Waals surface area contributed by atoms with Crippen molar-refractivity contribution >= 4 is 27.3 Å². The SMILES string of the molecule is O=S(=O)(c1cccc(Cl)c1F)N1CCN(c2ccccc2)CC1. The second kappa shape index (κ2) is 6.47. The van der Waals surface area contributed by atoms with Crippen molar-refractivity contribution in [1.82, 2.24) is 4.31 Å². The van der Waals surface area contributed by atoms with Crippen LogP contribution in [0.5, 0.6) is 0 Å². The van der Waals surface area contributed by atoms with Gasteiger partial charge in [-0.05, 0) is 24.3 Å². The molecule has 0 atom stereocenters. The maximum atomic E-state index is 14.0. The number of rotatable bonds is 3. The number of piperazine rings is 1. The van der Waals surface area contributed by atoms with E-state index in [1.165, 1.54) is 22.5 Å². The summed E-state index contributed by atoms with van der Waals surface area (Å²) in [4.78, 5) is 1.75. The number of para-hydroxylation sites is 1. The van der Waals surface area contributed by atoms with Gasteiger partial charge >= 0.3 is 0 Å². The number of sulfonamides is 1. The molecular weight excluding hydrogens is 339 g/mol. The molecule has 0 saturated carbocycles. The number of anilines is 1. The van der Waals surface area contributed by atoms with Gasteiger partial charge in [0, 0.05) is 31.9 Å². The highest BCUT2D eigenvalue weighted by Gasteiger charge is 2.31. The van der Waals surface area contributed by atoms with Gasteiger partial charge in [0.05, 0.1) is 5.02 Å². The largest absolute Gasteiger partial charge is 0.369 e. The Morgan fingerprint density at radius 1 is 0.913 bits per heavy atom. The highest BCUT2D eigenvalue weighted by atomic mass is 35.5. The summed E-state index contributed by atoms with van der Waals surface area (Å²) >= 11 is 5.70. The number of halogens is 2. The average molecular weight is 355 g/mol. The van der Waals surface area contributed by atoms with Crippen LogP contribution < -0.4 is 4.90 Å². The van der Waals surface area contributed by atoms with Crippen molar-refractivity contribution in [1.29, 1.82) is 0 Å². The first kappa shape index (κ1) is 16.2. The van der Waals surface area contributed by atoms with Crippen molar-refractivity contribution in [2.45, 2.75) is 4.90 Å². The molecule has 0 bridgehead atoms. The minimum Gasteiger partial charge on any atom is -0.369 e. The van der Waals surface area contributed by atoms with E-state index in [0.717, 1.165) is 5.69 Å². The number of benzene rings is 2. The van der Waals surface area contributed by atoms with Crippen molar-refractivity contribution in [3.8, 4) is 0 Å². The molecule has 0 unspecified atom stereocenters. The zero-order valence-corrected chi connectivity index (χ0v) is 13.9. The lowest BCUT2D eigenvalue weighted by atomic mass is 10.2. The predicted molar refractivity (Wildman–Crippen MR) is 88.8 cm³/mol. The molecule has 4 nitrogen and oxygen atoms in total. The van der Waals surface area contributed by atoms with Crippen LogP contribution in [0.1, 0.15) is 0 Å². The van der Waals surface area contributed by atoms with Crippen molar-refractivity contribution in [3.63, 3.8) is 0 Å². The summed E-state index contributed by atoms with van der Waals surface area (Å²) in [7, 11) is -3.87. The predicted octanol–water partition coefficient (Wildman–Crippen LogP) is 2.99. The normalized spacial score (nSPS) is 16.5. The van der Waals surface area contributed by atoms with Gasteiger partial charge in [-0.25, -0.2) is 12.8 Å². The minimum absolute atomic E-state index is 0.186. The molecule has 1 fully saturated rings. The highest BCUT2D eigenvalue weighted by molar-refractivity contribution is 7.89. The molecule has 2 aromatic rings. The molecule has 1 aliphatic rings. The van der Waals surface area contributed by atoms with Crippen LogP contribution in [-0.4, -0.2) is 38.9 Å². The third-order valence-electron chi connectivity index (χ3n) is 3.89. The topological polar surface area (TPSA) is 40.6 Å². The van der Waals surface area contributed by atoms with Gasteiger partial charge in [-0.3, -0.25) is 0 Å². The fourth-order valence-electron chi connectivity index (χ4n) is 2.65. The van der Waals surface area contributed by atoms with Gasteiger partial charge < -0.3 is 4.90 Å². The quantitative estimate of drug-likeness (QED) is 0.850. The summed E-state index contributed by atoms with van der Waals surface area (Å²) in [6.45, 7) is 1.74. The van der Waals surface area contributed by atoms with Gasteiger partial charge in [0.15, 0.2) is 5.82 Å². The number of nitrogens with zero attached hydrogens (tertiary/aromatic N) is 2. The first-order valence-corrected chi connectivity index (χ1v) is 9.06. The van der Waals surface area contributed by atoms with Crippen LogP contribution in [0, 0.1) is 5.82 Å². The smallest absolute Gasteiger partial charge is 0.246 e. The summed E-state index contributed by atoms with van der Waals surface area (Å²) in [5.41, 5.74) is 1.05. The third kappa shape index (κ3) is 3.20. The van der Waals surface area contributed by atoms with E-state index in [-0.39, 0.29) is 9.92 Å². The Morgan fingerprint density at radius 2 is 1.57 bits per heavy atom. The Hall–Kier alpha value is -1.63. The molecule has 2 aromatic carbocycles. The van der Waals surface area contributed by atoms with Crippen LogP contribution in [0.2, 0.25) is 5.02 Å². The number of hydrogen-bond acceptors (Lipinski definition) is 3. The molecule has 1 saturated heterocycles. The van der Waals surface area contributed by atoms with E-state index in [1.54, 1.807) is 0 Å². The zero-order valence-electron chi connectivity index (χ0n) is 12.3. The molecule has 1 aliphatic heterocycles. The van der Waals surface area contributed by atoms with Gasteiger partial charge in [0.2, 0.25) is 10.0 Å². The lowest BCUT2D eigenvalue weighted by Gasteiger charge is -2.35. The van der Waals surface area contributed by atoms with E-state index in [0.29, 0.717) is 26.2 Å². The molecule has 7 heteroatoms. The fourth-order valence-corrected chi connectivity index (χ4v) is 4.39. The molecule has 0 N–H and O–H groups in total. The summed E-state index contributed by atoms with van der Waals surface area (Å²) in [5.74, 6) is -0.889. The van der Waals surface area contributed by atoms with Crippen molar-refractivity contribution in [3.05, 3.63) is 59.4 Å². The van der Waals surface area contributed by atoms with Crippen LogP contribution >= 0.6 is 11.6 Å². The van der Waals surface area contributed by atoms with Crippen molar-refractivity contribution < 1.29 is 12.8 Å².